The molecule has 2 atom stereocenters. The van der Waals surface area contributed by atoms with Gasteiger partial charge in [-0.15, -0.1) is 0 Å². The van der Waals surface area contributed by atoms with Crippen LogP contribution in [-0.4, -0.2) is 47.9 Å². The topological polar surface area (TPSA) is 23.6 Å². The molecule has 1 saturated heterocycles. The second-order valence-electron chi connectivity index (χ2n) is 6.75. The summed E-state index contributed by atoms with van der Waals surface area (Å²) >= 11 is 12.0. The summed E-state index contributed by atoms with van der Waals surface area (Å²) in [4.78, 5) is 17.3. The van der Waals surface area contributed by atoms with Crippen LogP contribution < -0.4 is 0 Å². The highest BCUT2D eigenvalue weighted by Crippen LogP contribution is 2.27. The van der Waals surface area contributed by atoms with Crippen molar-refractivity contribution in [1.29, 1.82) is 0 Å². The third kappa shape index (κ3) is 3.96. The van der Waals surface area contributed by atoms with Crippen molar-refractivity contribution in [2.75, 3.05) is 20.1 Å². The van der Waals surface area contributed by atoms with Crippen molar-refractivity contribution >= 4 is 29.1 Å². The molecule has 1 amide bonds. The third-order valence-corrected chi connectivity index (χ3v) is 5.94. The van der Waals surface area contributed by atoms with E-state index in [1.54, 1.807) is 12.1 Å². The van der Waals surface area contributed by atoms with Crippen LogP contribution in [0.25, 0.3) is 0 Å². The Hall–Kier alpha value is -1.03. The molecule has 3 nitrogen and oxygen atoms in total. The predicted molar refractivity (Wildman–Crippen MR) is 99.7 cm³/mol. The molecule has 1 aromatic rings. The van der Waals surface area contributed by atoms with E-state index in [2.05, 4.69) is 17.1 Å². The van der Waals surface area contributed by atoms with E-state index in [-0.39, 0.29) is 11.9 Å². The first-order valence-electron chi connectivity index (χ1n) is 8.65. The fourth-order valence-electron chi connectivity index (χ4n) is 3.80. The number of nitrogens with zero attached hydrogens (tertiary/aromatic N) is 2. The lowest BCUT2D eigenvalue weighted by Gasteiger charge is -2.40. The number of carbonyl (C=O) groups is 1. The standard InChI is InChI=1S/C19H24Cl2N2O/c1-22(19(24)13-14-8-9-15(20)16(21)12-14)17-6-2-3-7-18(17)23-10-4-5-11-23/h2-3,8-9,12,17-18H,4-7,10-11,13H2,1H3/t17-,18?/m0/s1. The predicted octanol–water partition coefficient (Wildman–Crippen LogP) is 4.18. The monoisotopic (exact) mass is 366 g/mol. The number of amides is 1. The molecule has 0 spiro atoms. The molecular formula is C19H24Cl2N2O. The molecule has 1 unspecified atom stereocenters. The van der Waals surface area contributed by atoms with Crippen molar-refractivity contribution < 1.29 is 4.79 Å². The zero-order valence-corrected chi connectivity index (χ0v) is 15.6. The summed E-state index contributed by atoms with van der Waals surface area (Å²) in [7, 11) is 1.94. The molecule has 2 aliphatic rings. The molecule has 1 aliphatic heterocycles. The Labute approximate surface area is 154 Å². The number of carbonyl (C=O) groups excluding carboxylic acids is 1. The number of benzene rings is 1. The average molecular weight is 367 g/mol. The van der Waals surface area contributed by atoms with Gasteiger partial charge in [0.1, 0.15) is 0 Å². The van der Waals surface area contributed by atoms with E-state index in [9.17, 15) is 4.79 Å². The van der Waals surface area contributed by atoms with Gasteiger partial charge in [-0.25, -0.2) is 0 Å². The van der Waals surface area contributed by atoms with Crippen LogP contribution in [0.4, 0.5) is 0 Å². The molecule has 3 rings (SSSR count). The lowest BCUT2D eigenvalue weighted by molar-refractivity contribution is -0.132. The van der Waals surface area contributed by atoms with E-state index < -0.39 is 0 Å². The summed E-state index contributed by atoms with van der Waals surface area (Å²) in [6, 6.07) is 6.11. The highest BCUT2D eigenvalue weighted by molar-refractivity contribution is 6.42. The van der Waals surface area contributed by atoms with Crippen LogP contribution in [0.1, 0.15) is 31.2 Å². The van der Waals surface area contributed by atoms with Gasteiger partial charge >= 0.3 is 0 Å². The van der Waals surface area contributed by atoms with Crippen molar-refractivity contribution in [1.82, 2.24) is 9.80 Å². The van der Waals surface area contributed by atoms with Crippen molar-refractivity contribution in [3.8, 4) is 0 Å². The molecule has 130 valence electrons. The lowest BCUT2D eigenvalue weighted by Crippen LogP contribution is -2.52. The Morgan fingerprint density at radius 3 is 2.58 bits per heavy atom. The molecular weight excluding hydrogens is 343 g/mol. The Balaban J connectivity index is 1.68. The number of hydrogen-bond acceptors (Lipinski definition) is 2. The van der Waals surface area contributed by atoms with Crippen LogP contribution in [0.15, 0.2) is 30.4 Å². The maximum atomic E-state index is 12.8. The van der Waals surface area contributed by atoms with Crippen molar-refractivity contribution in [3.05, 3.63) is 46.0 Å². The number of halogens is 2. The molecule has 0 saturated carbocycles. The quantitative estimate of drug-likeness (QED) is 0.746. The molecule has 5 heteroatoms. The smallest absolute Gasteiger partial charge is 0.227 e. The molecule has 1 aliphatic carbocycles. The number of hydrogen-bond donors (Lipinski definition) is 0. The SMILES string of the molecule is CN(C(=O)Cc1ccc(Cl)c(Cl)c1)[C@H]1CC=CCC1N1CCCC1. The van der Waals surface area contributed by atoms with Gasteiger partial charge in [0.05, 0.1) is 22.5 Å². The van der Waals surface area contributed by atoms with Crippen LogP contribution in [0.5, 0.6) is 0 Å². The number of rotatable bonds is 4. The van der Waals surface area contributed by atoms with Gasteiger partial charge in [0.25, 0.3) is 0 Å². The summed E-state index contributed by atoms with van der Waals surface area (Å²) in [6.07, 6.45) is 9.35. The summed E-state index contributed by atoms with van der Waals surface area (Å²) < 4.78 is 0. The summed E-state index contributed by atoms with van der Waals surface area (Å²) in [5.41, 5.74) is 0.908. The Bertz CT molecular complexity index is 626. The minimum atomic E-state index is 0.137. The molecule has 0 radical (unpaired) electrons. The van der Waals surface area contributed by atoms with Crippen LogP contribution in [0, 0.1) is 0 Å². The number of likely N-dealkylation sites (N-methyl/N-ethyl adjacent to an activating group) is 1. The Kier molecular flexibility index (Phi) is 5.85. The normalized spacial score (nSPS) is 24.3. The van der Waals surface area contributed by atoms with E-state index in [1.807, 2.05) is 18.0 Å². The van der Waals surface area contributed by atoms with Crippen molar-refractivity contribution in [3.63, 3.8) is 0 Å². The molecule has 0 bridgehead atoms. The van der Waals surface area contributed by atoms with E-state index in [1.165, 1.54) is 12.8 Å². The first kappa shape index (κ1) is 17.8. The van der Waals surface area contributed by atoms with E-state index in [0.29, 0.717) is 22.5 Å². The first-order chi connectivity index (χ1) is 11.6. The van der Waals surface area contributed by atoms with E-state index >= 15 is 0 Å². The zero-order valence-electron chi connectivity index (χ0n) is 14.0. The van der Waals surface area contributed by atoms with Gasteiger partial charge in [-0.05, 0) is 56.5 Å². The summed E-state index contributed by atoms with van der Waals surface area (Å²) in [5.74, 6) is 0.137. The van der Waals surface area contributed by atoms with Gasteiger partial charge in [-0.1, -0.05) is 41.4 Å². The van der Waals surface area contributed by atoms with Gasteiger partial charge in [-0.2, -0.15) is 0 Å². The molecule has 1 aromatic carbocycles. The highest BCUT2D eigenvalue weighted by Gasteiger charge is 2.33. The molecule has 1 fully saturated rings. The van der Waals surface area contributed by atoms with Crippen LogP contribution in [-0.2, 0) is 11.2 Å². The average Bonchev–Trinajstić information content (AvgIpc) is 3.12. The van der Waals surface area contributed by atoms with Gasteiger partial charge in [0.15, 0.2) is 0 Å². The minimum Gasteiger partial charge on any atom is -0.341 e. The van der Waals surface area contributed by atoms with Gasteiger partial charge in [0.2, 0.25) is 5.91 Å². The largest absolute Gasteiger partial charge is 0.341 e. The van der Waals surface area contributed by atoms with E-state index in [4.69, 9.17) is 23.2 Å². The lowest BCUT2D eigenvalue weighted by atomic mass is 9.93. The molecule has 0 aromatic heterocycles. The van der Waals surface area contributed by atoms with Crippen LogP contribution >= 0.6 is 23.2 Å². The fraction of sp³-hybridized carbons (Fsp3) is 0.526. The number of likely N-dealkylation sites (tertiary alicyclic amines) is 1. The van der Waals surface area contributed by atoms with Crippen LogP contribution in [0.2, 0.25) is 10.0 Å². The fourth-order valence-corrected chi connectivity index (χ4v) is 4.12. The Morgan fingerprint density at radius 1 is 1.17 bits per heavy atom. The second kappa shape index (κ2) is 7.90. The molecule has 24 heavy (non-hydrogen) atoms. The highest BCUT2D eigenvalue weighted by atomic mass is 35.5. The minimum absolute atomic E-state index is 0.137. The zero-order chi connectivity index (χ0) is 17.1. The van der Waals surface area contributed by atoms with Crippen LogP contribution in [0.3, 0.4) is 0 Å². The molecule has 0 N–H and O–H groups in total. The third-order valence-electron chi connectivity index (χ3n) is 5.21. The maximum absolute atomic E-state index is 12.8. The van der Waals surface area contributed by atoms with Gasteiger partial charge in [0, 0.05) is 13.1 Å². The maximum Gasteiger partial charge on any atom is 0.227 e. The first-order valence-corrected chi connectivity index (χ1v) is 9.40. The Morgan fingerprint density at radius 2 is 1.88 bits per heavy atom. The summed E-state index contributed by atoms with van der Waals surface area (Å²) in [5, 5.41) is 1.02. The molecule has 1 heterocycles. The van der Waals surface area contributed by atoms with Crippen molar-refractivity contribution in [2.45, 2.75) is 44.2 Å². The van der Waals surface area contributed by atoms with Crippen molar-refractivity contribution in [2.24, 2.45) is 0 Å². The second-order valence-corrected chi connectivity index (χ2v) is 7.56. The van der Waals surface area contributed by atoms with E-state index in [0.717, 1.165) is 31.5 Å². The van der Waals surface area contributed by atoms with Gasteiger partial charge < -0.3 is 4.90 Å². The van der Waals surface area contributed by atoms with Gasteiger partial charge in [-0.3, -0.25) is 9.69 Å². The summed E-state index contributed by atoms with van der Waals surface area (Å²) in [6.45, 7) is 2.31.